The molecule has 0 spiro atoms. The summed E-state index contributed by atoms with van der Waals surface area (Å²) in [7, 11) is 1.79. The van der Waals surface area contributed by atoms with Crippen LogP contribution in [0.3, 0.4) is 0 Å². The van der Waals surface area contributed by atoms with Crippen LogP contribution in [0.5, 0.6) is 0 Å². The maximum absolute atomic E-state index is 4.46. The van der Waals surface area contributed by atoms with E-state index in [1.165, 1.54) is 5.69 Å². The topological polar surface area (TPSA) is 72.1 Å². The minimum atomic E-state index is 0.813. The molecule has 0 aliphatic rings. The average molecular weight is 303 g/mol. The van der Waals surface area contributed by atoms with Gasteiger partial charge in [-0.3, -0.25) is 9.67 Å². The molecule has 0 saturated heterocycles. The Labute approximate surface area is 131 Å². The van der Waals surface area contributed by atoms with Gasteiger partial charge < -0.3 is 15.2 Å². The van der Waals surface area contributed by atoms with Crippen LogP contribution in [0, 0.1) is 13.8 Å². The van der Waals surface area contributed by atoms with Crippen LogP contribution >= 0.6 is 0 Å². The Morgan fingerprint density at radius 1 is 1.23 bits per heavy atom. The van der Waals surface area contributed by atoms with Gasteiger partial charge >= 0.3 is 0 Å². The predicted octanol–water partition coefficient (Wildman–Crippen LogP) is 0.952. The van der Waals surface area contributed by atoms with Crippen molar-refractivity contribution < 1.29 is 0 Å². The van der Waals surface area contributed by atoms with Crippen molar-refractivity contribution in [3.63, 3.8) is 0 Å². The van der Waals surface area contributed by atoms with Crippen LogP contribution in [0.4, 0.5) is 0 Å². The van der Waals surface area contributed by atoms with Crippen LogP contribution in [-0.2, 0) is 13.1 Å². The van der Waals surface area contributed by atoms with Crippen molar-refractivity contribution in [2.45, 2.75) is 33.4 Å². The van der Waals surface area contributed by atoms with E-state index < -0.39 is 0 Å². The van der Waals surface area contributed by atoms with Gasteiger partial charge in [0, 0.05) is 51.3 Å². The molecule has 2 N–H and O–H groups in total. The highest BCUT2D eigenvalue weighted by molar-refractivity contribution is 5.79. The van der Waals surface area contributed by atoms with Gasteiger partial charge in [-0.15, -0.1) is 0 Å². The van der Waals surface area contributed by atoms with Crippen LogP contribution in [0.25, 0.3) is 0 Å². The highest BCUT2D eigenvalue weighted by atomic mass is 15.3. The van der Waals surface area contributed by atoms with E-state index in [-0.39, 0.29) is 0 Å². The first-order valence-electron chi connectivity index (χ1n) is 7.60. The van der Waals surface area contributed by atoms with E-state index in [1.54, 1.807) is 13.2 Å². The Morgan fingerprint density at radius 3 is 2.68 bits per heavy atom. The number of nitrogens with one attached hydrogen (secondary N) is 2. The van der Waals surface area contributed by atoms with Crippen molar-refractivity contribution in [3.05, 3.63) is 36.2 Å². The maximum Gasteiger partial charge on any atom is 0.191 e. The SMILES string of the molecule is CN=C(NCCCn1nc(C)cc1C)NCCn1ccnc1. The molecular formula is C15H25N7. The molecule has 0 fully saturated rings. The van der Waals surface area contributed by atoms with Gasteiger partial charge in [-0.25, -0.2) is 4.98 Å². The monoisotopic (exact) mass is 303 g/mol. The van der Waals surface area contributed by atoms with Crippen LogP contribution in [0.15, 0.2) is 29.8 Å². The molecule has 2 heterocycles. The molecule has 2 aromatic rings. The van der Waals surface area contributed by atoms with Gasteiger partial charge in [-0.2, -0.15) is 5.10 Å². The van der Waals surface area contributed by atoms with Gasteiger partial charge in [0.2, 0.25) is 0 Å². The number of aryl methyl sites for hydroxylation is 3. The number of rotatable bonds is 7. The van der Waals surface area contributed by atoms with Gasteiger partial charge in [0.1, 0.15) is 0 Å². The Morgan fingerprint density at radius 2 is 2.05 bits per heavy atom. The number of guanidine groups is 1. The van der Waals surface area contributed by atoms with Crippen molar-refractivity contribution in [2.24, 2.45) is 4.99 Å². The zero-order valence-electron chi connectivity index (χ0n) is 13.6. The second-order valence-electron chi connectivity index (χ2n) is 5.23. The summed E-state index contributed by atoms with van der Waals surface area (Å²) in [6, 6.07) is 2.10. The summed E-state index contributed by atoms with van der Waals surface area (Å²) in [6.45, 7) is 7.57. The van der Waals surface area contributed by atoms with Crippen molar-refractivity contribution in [2.75, 3.05) is 20.1 Å². The van der Waals surface area contributed by atoms with Crippen LogP contribution in [0.2, 0.25) is 0 Å². The Hall–Kier alpha value is -2.31. The molecule has 0 radical (unpaired) electrons. The summed E-state index contributed by atoms with van der Waals surface area (Å²) in [5.74, 6) is 0.827. The summed E-state index contributed by atoms with van der Waals surface area (Å²) in [5, 5.41) is 11.1. The first-order valence-corrected chi connectivity index (χ1v) is 7.60. The Balaban J connectivity index is 1.63. The number of hydrogen-bond acceptors (Lipinski definition) is 3. The summed E-state index contributed by atoms with van der Waals surface area (Å²) < 4.78 is 4.08. The highest BCUT2D eigenvalue weighted by Gasteiger charge is 2.01. The summed E-state index contributed by atoms with van der Waals surface area (Å²) >= 11 is 0. The van der Waals surface area contributed by atoms with Crippen LogP contribution in [-0.4, -0.2) is 45.4 Å². The van der Waals surface area contributed by atoms with E-state index in [0.717, 1.165) is 44.3 Å². The molecule has 0 unspecified atom stereocenters. The van der Waals surface area contributed by atoms with Gasteiger partial charge in [0.25, 0.3) is 0 Å². The fourth-order valence-electron chi connectivity index (χ4n) is 2.28. The third kappa shape index (κ3) is 4.91. The van der Waals surface area contributed by atoms with E-state index in [0.29, 0.717) is 0 Å². The number of aliphatic imine (C=N–C) groups is 1. The van der Waals surface area contributed by atoms with Crippen molar-refractivity contribution >= 4 is 5.96 Å². The number of aromatic nitrogens is 4. The summed E-state index contributed by atoms with van der Waals surface area (Å²) in [6.07, 6.45) is 6.55. The number of hydrogen-bond donors (Lipinski definition) is 2. The molecular weight excluding hydrogens is 278 g/mol. The first kappa shape index (κ1) is 16.1. The molecule has 120 valence electrons. The van der Waals surface area contributed by atoms with Gasteiger partial charge in [0.05, 0.1) is 12.0 Å². The smallest absolute Gasteiger partial charge is 0.191 e. The molecule has 7 heteroatoms. The van der Waals surface area contributed by atoms with Gasteiger partial charge in [-0.05, 0) is 26.3 Å². The lowest BCUT2D eigenvalue weighted by Crippen LogP contribution is -2.39. The average Bonchev–Trinajstić information content (AvgIpc) is 3.11. The third-order valence-electron chi connectivity index (χ3n) is 3.39. The quantitative estimate of drug-likeness (QED) is 0.454. The van der Waals surface area contributed by atoms with E-state index in [2.05, 4.69) is 38.7 Å². The standard InChI is InChI=1S/C15H25N7/c1-13-11-14(2)22(20-13)8-4-5-18-15(16-3)19-7-10-21-9-6-17-12-21/h6,9,11-12H,4-5,7-8,10H2,1-3H3,(H2,16,18,19). The summed E-state index contributed by atoms with van der Waals surface area (Å²) in [4.78, 5) is 8.24. The molecule has 0 atom stereocenters. The lowest BCUT2D eigenvalue weighted by atomic mass is 10.4. The fraction of sp³-hybridized carbons (Fsp3) is 0.533. The van der Waals surface area contributed by atoms with Crippen LogP contribution < -0.4 is 10.6 Å². The van der Waals surface area contributed by atoms with E-state index in [9.17, 15) is 0 Å². The van der Waals surface area contributed by atoms with Crippen molar-refractivity contribution in [1.29, 1.82) is 0 Å². The number of imidazole rings is 1. The highest BCUT2D eigenvalue weighted by Crippen LogP contribution is 2.02. The molecule has 0 saturated carbocycles. The zero-order chi connectivity index (χ0) is 15.8. The molecule has 0 bridgehead atoms. The largest absolute Gasteiger partial charge is 0.356 e. The van der Waals surface area contributed by atoms with E-state index >= 15 is 0 Å². The lowest BCUT2D eigenvalue weighted by Gasteiger charge is -2.12. The van der Waals surface area contributed by atoms with E-state index in [1.807, 2.05) is 28.7 Å². The van der Waals surface area contributed by atoms with Gasteiger partial charge in [-0.1, -0.05) is 0 Å². The second-order valence-corrected chi connectivity index (χ2v) is 5.23. The summed E-state index contributed by atoms with van der Waals surface area (Å²) in [5.41, 5.74) is 2.28. The van der Waals surface area contributed by atoms with Crippen molar-refractivity contribution in [1.82, 2.24) is 30.0 Å². The molecule has 0 amide bonds. The maximum atomic E-state index is 4.46. The second kappa shape index (κ2) is 8.21. The zero-order valence-corrected chi connectivity index (χ0v) is 13.6. The minimum Gasteiger partial charge on any atom is -0.356 e. The fourth-order valence-corrected chi connectivity index (χ4v) is 2.28. The molecule has 2 rings (SSSR count). The molecule has 2 aromatic heterocycles. The third-order valence-corrected chi connectivity index (χ3v) is 3.39. The Kier molecular flexibility index (Phi) is 6.00. The van der Waals surface area contributed by atoms with Crippen LogP contribution in [0.1, 0.15) is 17.8 Å². The number of nitrogens with zero attached hydrogens (tertiary/aromatic N) is 5. The van der Waals surface area contributed by atoms with E-state index in [4.69, 9.17) is 0 Å². The predicted molar refractivity (Wildman–Crippen MR) is 87.9 cm³/mol. The molecule has 22 heavy (non-hydrogen) atoms. The molecule has 0 aliphatic carbocycles. The minimum absolute atomic E-state index is 0.813. The molecule has 0 aromatic carbocycles. The first-order chi connectivity index (χ1) is 10.7. The van der Waals surface area contributed by atoms with Crippen molar-refractivity contribution in [3.8, 4) is 0 Å². The normalized spacial score (nSPS) is 11.7. The lowest BCUT2D eigenvalue weighted by molar-refractivity contribution is 0.554. The molecule has 0 aliphatic heterocycles. The Bertz CT molecular complexity index is 583. The van der Waals surface area contributed by atoms with Gasteiger partial charge in [0.15, 0.2) is 5.96 Å². The molecule has 7 nitrogen and oxygen atoms in total.